The number of aryl methyl sites for hydroxylation is 1. The first kappa shape index (κ1) is 19.8. The van der Waals surface area contributed by atoms with E-state index in [2.05, 4.69) is 10.3 Å². The van der Waals surface area contributed by atoms with Crippen molar-refractivity contribution in [1.29, 1.82) is 0 Å². The lowest BCUT2D eigenvalue weighted by molar-refractivity contribution is -0.384. The van der Waals surface area contributed by atoms with Crippen LogP contribution in [0.1, 0.15) is 11.3 Å². The fraction of sp³-hybridized carbons (Fsp3) is 0.0476. The number of amides is 1. The van der Waals surface area contributed by atoms with Gasteiger partial charge in [-0.15, -0.1) is 0 Å². The molecule has 9 heteroatoms. The topological polar surface area (TPSA) is 98.3 Å². The van der Waals surface area contributed by atoms with Crippen LogP contribution in [-0.2, 0) is 4.79 Å². The molecule has 1 N–H and O–H groups in total. The number of furan rings is 1. The third-order valence-electron chi connectivity index (χ3n) is 4.30. The molecule has 0 spiro atoms. The number of nitrogens with zero attached hydrogens (tertiary/aromatic N) is 2. The van der Waals surface area contributed by atoms with E-state index in [9.17, 15) is 14.9 Å². The maximum absolute atomic E-state index is 12.2. The smallest absolute Gasteiger partial charge is 0.270 e. The Morgan fingerprint density at radius 3 is 2.83 bits per heavy atom. The van der Waals surface area contributed by atoms with Gasteiger partial charge in [0.25, 0.3) is 5.69 Å². The lowest BCUT2D eigenvalue weighted by Gasteiger charge is -2.00. The van der Waals surface area contributed by atoms with Crippen molar-refractivity contribution >= 4 is 56.0 Å². The highest BCUT2D eigenvalue weighted by Gasteiger charge is 2.11. The molecule has 2 aromatic carbocycles. The second kappa shape index (κ2) is 8.10. The molecule has 0 atom stereocenters. The molecular formula is C21H14ClN3O4S. The molecule has 0 saturated heterocycles. The number of benzene rings is 2. The number of carbonyl (C=O) groups is 1. The average molecular weight is 440 g/mol. The molecule has 1 amide bonds. The first-order chi connectivity index (χ1) is 14.4. The molecule has 7 nitrogen and oxygen atoms in total. The van der Waals surface area contributed by atoms with Crippen molar-refractivity contribution in [2.75, 3.05) is 5.32 Å². The fourth-order valence-electron chi connectivity index (χ4n) is 2.73. The van der Waals surface area contributed by atoms with Gasteiger partial charge in [-0.25, -0.2) is 4.98 Å². The monoisotopic (exact) mass is 439 g/mol. The first-order valence-electron chi connectivity index (χ1n) is 8.79. The number of fused-ring (bicyclic) bond motifs is 1. The molecule has 0 saturated carbocycles. The van der Waals surface area contributed by atoms with Gasteiger partial charge in [0.1, 0.15) is 11.5 Å². The molecule has 0 bridgehead atoms. The van der Waals surface area contributed by atoms with Crippen LogP contribution in [0.25, 0.3) is 27.6 Å². The number of hydrogen-bond donors (Lipinski definition) is 1. The summed E-state index contributed by atoms with van der Waals surface area (Å²) >= 11 is 7.32. The highest BCUT2D eigenvalue weighted by atomic mass is 35.5. The van der Waals surface area contributed by atoms with Crippen molar-refractivity contribution in [3.8, 4) is 11.3 Å². The van der Waals surface area contributed by atoms with E-state index in [0.29, 0.717) is 31.9 Å². The van der Waals surface area contributed by atoms with E-state index in [0.717, 1.165) is 11.1 Å². The van der Waals surface area contributed by atoms with E-state index >= 15 is 0 Å². The Morgan fingerprint density at radius 2 is 2.07 bits per heavy atom. The Bertz CT molecular complexity index is 1310. The van der Waals surface area contributed by atoms with E-state index in [1.54, 1.807) is 24.3 Å². The molecule has 0 aliphatic heterocycles. The lowest BCUT2D eigenvalue weighted by atomic mass is 10.1. The largest absolute Gasteiger partial charge is 0.457 e. The molecule has 0 radical (unpaired) electrons. The number of nitrogens with one attached hydrogen (secondary N) is 1. The zero-order chi connectivity index (χ0) is 21.3. The molecule has 30 heavy (non-hydrogen) atoms. The summed E-state index contributed by atoms with van der Waals surface area (Å²) in [4.78, 5) is 26.9. The summed E-state index contributed by atoms with van der Waals surface area (Å²) in [5.74, 6) is 0.765. The van der Waals surface area contributed by atoms with Gasteiger partial charge in [0.05, 0.1) is 15.1 Å². The van der Waals surface area contributed by atoms with Gasteiger partial charge in [-0.2, -0.15) is 0 Å². The predicted octanol–water partition coefficient (Wildman–Crippen LogP) is 6.08. The number of rotatable bonds is 5. The number of carbonyl (C=O) groups excluding carboxylic acids is 1. The van der Waals surface area contributed by atoms with Crippen molar-refractivity contribution < 1.29 is 14.1 Å². The molecule has 150 valence electrons. The first-order valence-corrected chi connectivity index (χ1v) is 9.99. The number of nitro benzene ring substituents is 1. The Hall–Kier alpha value is -3.49. The summed E-state index contributed by atoms with van der Waals surface area (Å²) in [6.45, 7) is 1.92. The van der Waals surface area contributed by atoms with Crippen LogP contribution in [0.5, 0.6) is 0 Å². The molecule has 4 rings (SSSR count). The van der Waals surface area contributed by atoms with Gasteiger partial charge in [-0.3, -0.25) is 20.2 Å². The van der Waals surface area contributed by atoms with E-state index in [1.807, 2.05) is 25.1 Å². The molecule has 0 unspecified atom stereocenters. The van der Waals surface area contributed by atoms with E-state index in [1.165, 1.54) is 29.5 Å². The number of anilines is 1. The quantitative estimate of drug-likeness (QED) is 0.231. The maximum atomic E-state index is 12.2. The van der Waals surface area contributed by atoms with Crippen LogP contribution in [0.15, 0.2) is 59.0 Å². The Balaban J connectivity index is 1.45. The van der Waals surface area contributed by atoms with Crippen molar-refractivity contribution in [1.82, 2.24) is 4.98 Å². The Kier molecular flexibility index (Phi) is 5.35. The minimum atomic E-state index is -0.470. The van der Waals surface area contributed by atoms with Gasteiger partial charge in [0.2, 0.25) is 5.91 Å². The molecule has 0 aliphatic rings. The Labute approximate surface area is 179 Å². The predicted molar refractivity (Wildman–Crippen MR) is 118 cm³/mol. The highest BCUT2D eigenvalue weighted by molar-refractivity contribution is 7.22. The number of non-ortho nitro benzene ring substituents is 1. The highest BCUT2D eigenvalue weighted by Crippen LogP contribution is 2.29. The molecular weight excluding hydrogens is 426 g/mol. The molecule has 4 aromatic rings. The fourth-order valence-corrected chi connectivity index (χ4v) is 3.81. The van der Waals surface area contributed by atoms with Gasteiger partial charge in [-0.1, -0.05) is 35.1 Å². The zero-order valence-corrected chi connectivity index (χ0v) is 17.2. The van der Waals surface area contributed by atoms with Crippen molar-refractivity contribution in [3.63, 3.8) is 0 Å². The lowest BCUT2D eigenvalue weighted by Crippen LogP contribution is -2.07. The third kappa shape index (κ3) is 4.24. The SMILES string of the molecule is Cc1ccc(-c2ccc(/C=C/C(=O)Nc3nc4ccc([N+](=O)[O-])cc4s3)o2)cc1Cl. The average Bonchev–Trinajstić information content (AvgIpc) is 3.34. The summed E-state index contributed by atoms with van der Waals surface area (Å²) < 4.78 is 6.37. The van der Waals surface area contributed by atoms with Crippen molar-refractivity contribution in [2.45, 2.75) is 6.92 Å². The minimum Gasteiger partial charge on any atom is -0.457 e. The van der Waals surface area contributed by atoms with Crippen LogP contribution in [0.2, 0.25) is 5.02 Å². The zero-order valence-electron chi connectivity index (χ0n) is 15.6. The van der Waals surface area contributed by atoms with Crippen molar-refractivity contribution in [3.05, 3.63) is 81.1 Å². The number of aromatic nitrogens is 1. The van der Waals surface area contributed by atoms with Crippen LogP contribution in [0, 0.1) is 17.0 Å². The van der Waals surface area contributed by atoms with Crippen LogP contribution in [0.3, 0.4) is 0 Å². The van der Waals surface area contributed by atoms with Gasteiger partial charge in [0.15, 0.2) is 5.13 Å². The third-order valence-corrected chi connectivity index (χ3v) is 5.64. The number of hydrogen-bond acceptors (Lipinski definition) is 6. The molecule has 0 aliphatic carbocycles. The van der Waals surface area contributed by atoms with E-state index < -0.39 is 4.92 Å². The van der Waals surface area contributed by atoms with Crippen LogP contribution < -0.4 is 5.32 Å². The number of halogens is 1. The summed E-state index contributed by atoms with van der Waals surface area (Å²) in [7, 11) is 0. The number of nitro groups is 1. The second-order valence-electron chi connectivity index (χ2n) is 6.42. The standard InChI is InChI=1S/C21H14ClN3O4S/c1-12-2-3-13(10-16(12)22)18-8-5-15(29-18)6-9-20(26)24-21-23-17-7-4-14(25(27)28)11-19(17)30-21/h2-11H,1H3,(H,23,24,26)/b9-6+. The van der Waals surface area contributed by atoms with E-state index in [4.69, 9.17) is 16.0 Å². The summed E-state index contributed by atoms with van der Waals surface area (Å²) in [5.41, 5.74) is 2.39. The second-order valence-corrected chi connectivity index (χ2v) is 7.85. The molecule has 0 fully saturated rings. The summed E-state index contributed by atoms with van der Waals surface area (Å²) in [5, 5.41) is 14.5. The van der Waals surface area contributed by atoms with Gasteiger partial charge in [0, 0.05) is 28.8 Å². The normalized spacial score (nSPS) is 11.3. The van der Waals surface area contributed by atoms with Crippen LogP contribution in [-0.4, -0.2) is 15.8 Å². The Morgan fingerprint density at radius 1 is 1.23 bits per heavy atom. The van der Waals surface area contributed by atoms with Gasteiger partial charge >= 0.3 is 0 Å². The molecule has 2 aromatic heterocycles. The number of thiazole rings is 1. The minimum absolute atomic E-state index is 0.0209. The van der Waals surface area contributed by atoms with Crippen molar-refractivity contribution in [2.24, 2.45) is 0 Å². The summed E-state index contributed by atoms with van der Waals surface area (Å²) in [6, 6.07) is 13.6. The van der Waals surface area contributed by atoms with E-state index in [-0.39, 0.29) is 11.6 Å². The maximum Gasteiger partial charge on any atom is 0.270 e. The van der Waals surface area contributed by atoms with Gasteiger partial charge in [-0.05, 0) is 42.8 Å². The summed E-state index contributed by atoms with van der Waals surface area (Å²) in [6.07, 6.45) is 2.88. The molecule has 2 heterocycles. The van der Waals surface area contributed by atoms with Crippen LogP contribution in [0.4, 0.5) is 10.8 Å². The van der Waals surface area contributed by atoms with Crippen LogP contribution >= 0.6 is 22.9 Å². The van der Waals surface area contributed by atoms with Gasteiger partial charge < -0.3 is 4.42 Å².